The molecule has 2 rings (SSSR count). The molecule has 0 bridgehead atoms. The molecule has 0 atom stereocenters. The van der Waals surface area contributed by atoms with Gasteiger partial charge >= 0.3 is 0 Å². The summed E-state index contributed by atoms with van der Waals surface area (Å²) < 4.78 is 5.16. The van der Waals surface area contributed by atoms with Crippen LogP contribution in [-0.2, 0) is 0 Å². The fourth-order valence-electron chi connectivity index (χ4n) is 1.62. The fraction of sp³-hybridized carbons (Fsp3) is 0.0714. The number of benzene rings is 2. The third-order valence-electron chi connectivity index (χ3n) is 2.55. The summed E-state index contributed by atoms with van der Waals surface area (Å²) in [6, 6.07) is 12.0. The Morgan fingerprint density at radius 1 is 1.11 bits per heavy atom. The quantitative estimate of drug-likeness (QED) is 0.919. The second-order valence-electron chi connectivity index (χ2n) is 3.76. The maximum atomic E-state index is 12.1. The Morgan fingerprint density at radius 2 is 1.84 bits per heavy atom. The average molecular weight is 296 g/mol. The highest BCUT2D eigenvalue weighted by Gasteiger charge is 2.14. The van der Waals surface area contributed by atoms with Crippen molar-refractivity contribution < 1.29 is 9.53 Å². The lowest BCUT2D eigenvalue weighted by molar-refractivity contribution is 0.102. The Labute approximate surface area is 121 Å². The number of carbonyl (C=O) groups is 1. The van der Waals surface area contributed by atoms with E-state index >= 15 is 0 Å². The van der Waals surface area contributed by atoms with Gasteiger partial charge in [-0.15, -0.1) is 0 Å². The van der Waals surface area contributed by atoms with Gasteiger partial charge < -0.3 is 10.1 Å². The Hall–Kier alpha value is -1.71. The van der Waals surface area contributed by atoms with E-state index in [0.29, 0.717) is 22.0 Å². The van der Waals surface area contributed by atoms with Gasteiger partial charge in [0.1, 0.15) is 5.75 Å². The fourth-order valence-corrected chi connectivity index (χ4v) is 2.00. The molecule has 2 aromatic carbocycles. The number of para-hydroxylation sites is 2. The van der Waals surface area contributed by atoms with Gasteiger partial charge in [-0.3, -0.25) is 4.79 Å². The zero-order valence-corrected chi connectivity index (χ0v) is 11.6. The van der Waals surface area contributed by atoms with Gasteiger partial charge in [0.05, 0.1) is 28.4 Å². The van der Waals surface area contributed by atoms with E-state index in [4.69, 9.17) is 27.9 Å². The van der Waals surface area contributed by atoms with Crippen LogP contribution in [0.4, 0.5) is 5.69 Å². The number of nitrogens with one attached hydrogen (secondary N) is 1. The van der Waals surface area contributed by atoms with Crippen LogP contribution in [0.1, 0.15) is 10.4 Å². The maximum Gasteiger partial charge on any atom is 0.257 e. The summed E-state index contributed by atoms with van der Waals surface area (Å²) in [4.78, 5) is 12.1. The topological polar surface area (TPSA) is 38.3 Å². The van der Waals surface area contributed by atoms with Crippen molar-refractivity contribution in [2.45, 2.75) is 0 Å². The average Bonchev–Trinajstić information content (AvgIpc) is 2.42. The molecule has 0 fully saturated rings. The van der Waals surface area contributed by atoms with Crippen molar-refractivity contribution in [1.82, 2.24) is 0 Å². The molecule has 0 heterocycles. The van der Waals surface area contributed by atoms with Crippen LogP contribution < -0.4 is 10.1 Å². The molecule has 5 heteroatoms. The van der Waals surface area contributed by atoms with Gasteiger partial charge in [-0.05, 0) is 24.3 Å². The van der Waals surface area contributed by atoms with Gasteiger partial charge in [-0.2, -0.15) is 0 Å². The highest BCUT2D eigenvalue weighted by atomic mass is 35.5. The molecule has 98 valence electrons. The molecule has 0 radical (unpaired) electrons. The van der Waals surface area contributed by atoms with Gasteiger partial charge in [0.2, 0.25) is 0 Å². The SMILES string of the molecule is COc1ccccc1NC(=O)c1cccc(Cl)c1Cl. The maximum absolute atomic E-state index is 12.1. The highest BCUT2D eigenvalue weighted by Crippen LogP contribution is 2.28. The second kappa shape index (κ2) is 5.95. The third kappa shape index (κ3) is 3.00. The molecule has 0 spiro atoms. The molecule has 0 aliphatic carbocycles. The van der Waals surface area contributed by atoms with Crippen LogP contribution in [0.25, 0.3) is 0 Å². The lowest BCUT2D eigenvalue weighted by atomic mass is 10.2. The molecule has 19 heavy (non-hydrogen) atoms. The smallest absolute Gasteiger partial charge is 0.257 e. The minimum absolute atomic E-state index is 0.233. The van der Waals surface area contributed by atoms with Crippen molar-refractivity contribution in [3.63, 3.8) is 0 Å². The molecule has 1 N–H and O–H groups in total. The van der Waals surface area contributed by atoms with E-state index in [1.807, 2.05) is 6.07 Å². The van der Waals surface area contributed by atoms with Gasteiger partial charge in [-0.1, -0.05) is 41.4 Å². The molecule has 0 saturated carbocycles. The molecule has 1 amide bonds. The summed E-state index contributed by atoms with van der Waals surface area (Å²) >= 11 is 11.9. The molecule has 0 unspecified atom stereocenters. The predicted octanol–water partition coefficient (Wildman–Crippen LogP) is 4.25. The van der Waals surface area contributed by atoms with Crippen LogP contribution in [0.15, 0.2) is 42.5 Å². The number of ether oxygens (including phenoxy) is 1. The van der Waals surface area contributed by atoms with E-state index in [1.54, 1.807) is 36.4 Å². The Kier molecular flexibility index (Phi) is 4.30. The lowest BCUT2D eigenvalue weighted by Crippen LogP contribution is -2.13. The molecule has 0 aromatic heterocycles. The van der Waals surface area contributed by atoms with E-state index < -0.39 is 0 Å². The van der Waals surface area contributed by atoms with Crippen molar-refractivity contribution in [1.29, 1.82) is 0 Å². The summed E-state index contributed by atoms with van der Waals surface area (Å²) in [5, 5.41) is 3.31. The van der Waals surface area contributed by atoms with Gasteiger partial charge in [0, 0.05) is 0 Å². The second-order valence-corrected chi connectivity index (χ2v) is 4.54. The van der Waals surface area contributed by atoms with Crippen LogP contribution in [0.3, 0.4) is 0 Å². The summed E-state index contributed by atoms with van der Waals surface area (Å²) in [6.07, 6.45) is 0. The Bertz CT molecular complexity index is 614. The normalized spacial score (nSPS) is 10.1. The number of halogens is 2. The molecular formula is C14H11Cl2NO2. The zero-order valence-electron chi connectivity index (χ0n) is 10.1. The molecule has 0 aliphatic rings. The lowest BCUT2D eigenvalue weighted by Gasteiger charge is -2.10. The van der Waals surface area contributed by atoms with Crippen LogP contribution in [0.2, 0.25) is 10.0 Å². The van der Waals surface area contributed by atoms with Gasteiger partial charge in [0.15, 0.2) is 0 Å². The summed E-state index contributed by atoms with van der Waals surface area (Å²) in [5.74, 6) is 0.242. The molecule has 2 aromatic rings. The standard InChI is InChI=1S/C14H11Cl2NO2/c1-19-12-8-3-2-7-11(12)17-14(18)9-5-4-6-10(15)13(9)16/h2-8H,1H3,(H,17,18). The molecule has 3 nitrogen and oxygen atoms in total. The van der Waals surface area contributed by atoms with Crippen LogP contribution >= 0.6 is 23.2 Å². The van der Waals surface area contributed by atoms with Crippen LogP contribution in [0.5, 0.6) is 5.75 Å². The van der Waals surface area contributed by atoms with E-state index in [-0.39, 0.29) is 10.9 Å². The molecule has 0 aliphatic heterocycles. The number of anilines is 1. The zero-order chi connectivity index (χ0) is 13.8. The summed E-state index contributed by atoms with van der Waals surface area (Å²) in [7, 11) is 1.54. The van der Waals surface area contributed by atoms with E-state index in [2.05, 4.69) is 5.32 Å². The Balaban J connectivity index is 2.28. The van der Waals surface area contributed by atoms with E-state index in [0.717, 1.165) is 0 Å². The number of amides is 1. The Morgan fingerprint density at radius 3 is 2.58 bits per heavy atom. The number of carbonyl (C=O) groups excluding carboxylic acids is 1. The van der Waals surface area contributed by atoms with E-state index in [1.165, 1.54) is 7.11 Å². The van der Waals surface area contributed by atoms with Crippen molar-refractivity contribution >= 4 is 34.8 Å². The first-order valence-electron chi connectivity index (χ1n) is 5.52. The number of rotatable bonds is 3. The third-order valence-corrected chi connectivity index (χ3v) is 3.37. The predicted molar refractivity (Wildman–Crippen MR) is 77.4 cm³/mol. The van der Waals surface area contributed by atoms with Crippen LogP contribution in [0, 0.1) is 0 Å². The number of methoxy groups -OCH3 is 1. The van der Waals surface area contributed by atoms with Crippen LogP contribution in [-0.4, -0.2) is 13.0 Å². The number of hydrogen-bond acceptors (Lipinski definition) is 2. The molecular weight excluding hydrogens is 285 g/mol. The first-order chi connectivity index (χ1) is 9.13. The first kappa shape index (κ1) is 13.7. The molecule has 0 saturated heterocycles. The highest BCUT2D eigenvalue weighted by molar-refractivity contribution is 6.44. The minimum atomic E-state index is -0.336. The summed E-state index contributed by atoms with van der Waals surface area (Å²) in [6.45, 7) is 0. The first-order valence-corrected chi connectivity index (χ1v) is 6.27. The summed E-state index contributed by atoms with van der Waals surface area (Å²) in [5.41, 5.74) is 0.895. The minimum Gasteiger partial charge on any atom is -0.495 e. The monoisotopic (exact) mass is 295 g/mol. The van der Waals surface area contributed by atoms with Crippen molar-refractivity contribution in [2.24, 2.45) is 0 Å². The van der Waals surface area contributed by atoms with E-state index in [9.17, 15) is 4.79 Å². The van der Waals surface area contributed by atoms with Gasteiger partial charge in [0.25, 0.3) is 5.91 Å². The largest absolute Gasteiger partial charge is 0.495 e. The van der Waals surface area contributed by atoms with Gasteiger partial charge in [-0.25, -0.2) is 0 Å². The van der Waals surface area contributed by atoms with Crippen molar-refractivity contribution in [3.05, 3.63) is 58.1 Å². The number of hydrogen-bond donors (Lipinski definition) is 1. The van der Waals surface area contributed by atoms with Crippen molar-refractivity contribution in [2.75, 3.05) is 12.4 Å². The van der Waals surface area contributed by atoms with Crippen molar-refractivity contribution in [3.8, 4) is 5.75 Å².